The Bertz CT molecular complexity index is 703. The molecule has 1 aromatic carbocycles. The summed E-state index contributed by atoms with van der Waals surface area (Å²) in [5.41, 5.74) is 8.58. The molecule has 10 heteroatoms. The van der Waals surface area contributed by atoms with Gasteiger partial charge in [0.15, 0.2) is 11.5 Å². The first-order valence-electron chi connectivity index (χ1n) is 6.47. The molecule has 0 bridgehead atoms. The van der Waals surface area contributed by atoms with Crippen LogP contribution in [0.15, 0.2) is 28.5 Å². The lowest BCUT2D eigenvalue weighted by atomic mass is 10.2. The van der Waals surface area contributed by atoms with Gasteiger partial charge >= 0.3 is 0 Å². The fourth-order valence-electron chi connectivity index (χ4n) is 1.60. The van der Waals surface area contributed by atoms with Crippen molar-refractivity contribution < 1.29 is 14.3 Å². The van der Waals surface area contributed by atoms with Gasteiger partial charge in [0.05, 0.1) is 26.2 Å². The van der Waals surface area contributed by atoms with Gasteiger partial charge in [0.2, 0.25) is 17.0 Å². The van der Waals surface area contributed by atoms with E-state index in [4.69, 9.17) is 15.2 Å². The lowest BCUT2D eigenvalue weighted by molar-refractivity contribution is -0.115. The molecule has 0 radical (unpaired) electrons. The van der Waals surface area contributed by atoms with Crippen LogP contribution >= 0.6 is 11.8 Å². The van der Waals surface area contributed by atoms with Crippen molar-refractivity contribution in [1.29, 1.82) is 0 Å². The summed E-state index contributed by atoms with van der Waals surface area (Å²) >= 11 is 1.14. The van der Waals surface area contributed by atoms with Gasteiger partial charge in [0.25, 0.3) is 0 Å². The molecule has 1 amide bonds. The SMILES string of the molecule is COc1ccc(/C=N\Nc2nc(SCC(N)=O)n[nH]2)cc1OC. The number of benzene rings is 1. The van der Waals surface area contributed by atoms with Crippen molar-refractivity contribution in [2.45, 2.75) is 5.16 Å². The number of anilines is 1. The van der Waals surface area contributed by atoms with E-state index in [9.17, 15) is 4.79 Å². The molecule has 9 nitrogen and oxygen atoms in total. The molecule has 23 heavy (non-hydrogen) atoms. The molecule has 122 valence electrons. The molecule has 0 spiro atoms. The maximum Gasteiger partial charge on any atom is 0.240 e. The number of ether oxygens (including phenoxy) is 2. The quantitative estimate of drug-likeness (QED) is 0.370. The zero-order valence-electron chi connectivity index (χ0n) is 12.6. The number of methoxy groups -OCH3 is 2. The van der Waals surface area contributed by atoms with Crippen LogP contribution in [0.4, 0.5) is 5.95 Å². The molecular weight excluding hydrogens is 320 g/mol. The largest absolute Gasteiger partial charge is 0.493 e. The van der Waals surface area contributed by atoms with Crippen LogP contribution in [-0.2, 0) is 4.79 Å². The summed E-state index contributed by atoms with van der Waals surface area (Å²) in [5, 5.41) is 11.0. The monoisotopic (exact) mass is 336 g/mol. The van der Waals surface area contributed by atoms with E-state index in [0.29, 0.717) is 22.6 Å². The number of primary amides is 1. The normalized spacial score (nSPS) is 10.7. The van der Waals surface area contributed by atoms with E-state index in [2.05, 4.69) is 25.7 Å². The van der Waals surface area contributed by atoms with Crippen LogP contribution in [0, 0.1) is 0 Å². The van der Waals surface area contributed by atoms with Crippen LogP contribution in [0.2, 0.25) is 0 Å². The molecule has 0 saturated heterocycles. The maximum absolute atomic E-state index is 10.7. The second kappa shape index (κ2) is 8.03. The second-order valence-electron chi connectivity index (χ2n) is 4.21. The van der Waals surface area contributed by atoms with Crippen molar-refractivity contribution in [3.63, 3.8) is 0 Å². The summed E-state index contributed by atoms with van der Waals surface area (Å²) in [6, 6.07) is 5.41. The summed E-state index contributed by atoms with van der Waals surface area (Å²) < 4.78 is 10.4. The summed E-state index contributed by atoms with van der Waals surface area (Å²) in [6.07, 6.45) is 1.60. The van der Waals surface area contributed by atoms with Crippen molar-refractivity contribution in [3.05, 3.63) is 23.8 Å². The number of rotatable bonds is 8. The number of hydrazone groups is 1. The first-order chi connectivity index (χ1) is 11.1. The van der Waals surface area contributed by atoms with Gasteiger partial charge in [-0.2, -0.15) is 10.1 Å². The van der Waals surface area contributed by atoms with E-state index in [0.717, 1.165) is 17.3 Å². The standard InChI is InChI=1S/C13H16N6O3S/c1-21-9-4-3-8(5-10(9)22-2)6-15-17-12-16-13(19-18-12)23-7-11(14)20/h3-6H,7H2,1-2H3,(H2,14,20)(H2,16,17,18,19)/b15-6-. The Morgan fingerprint density at radius 1 is 1.43 bits per heavy atom. The fraction of sp³-hybridized carbons (Fsp3) is 0.231. The van der Waals surface area contributed by atoms with E-state index in [1.54, 1.807) is 32.6 Å². The molecule has 1 aromatic heterocycles. The molecule has 0 aliphatic heterocycles. The van der Waals surface area contributed by atoms with Crippen LogP contribution in [0.1, 0.15) is 5.56 Å². The molecular formula is C13H16N6O3S. The summed E-state index contributed by atoms with van der Waals surface area (Å²) in [6.45, 7) is 0. The Morgan fingerprint density at radius 3 is 2.91 bits per heavy atom. The van der Waals surface area contributed by atoms with Crippen molar-refractivity contribution in [3.8, 4) is 11.5 Å². The Hall–Kier alpha value is -2.75. The lowest BCUT2D eigenvalue weighted by Gasteiger charge is -2.07. The zero-order chi connectivity index (χ0) is 16.7. The van der Waals surface area contributed by atoms with Gasteiger partial charge in [0.1, 0.15) is 0 Å². The second-order valence-corrected chi connectivity index (χ2v) is 5.15. The Morgan fingerprint density at radius 2 is 2.22 bits per heavy atom. The minimum absolute atomic E-state index is 0.117. The number of H-pyrrole nitrogens is 1. The van der Waals surface area contributed by atoms with E-state index >= 15 is 0 Å². The number of aromatic amines is 1. The molecule has 0 fully saturated rings. The topological polar surface area (TPSA) is 128 Å². The van der Waals surface area contributed by atoms with E-state index < -0.39 is 5.91 Å². The van der Waals surface area contributed by atoms with Crippen LogP contribution in [0.5, 0.6) is 11.5 Å². The zero-order valence-corrected chi connectivity index (χ0v) is 13.4. The Kier molecular flexibility index (Phi) is 5.80. The fourth-order valence-corrected chi connectivity index (χ4v) is 2.14. The average molecular weight is 336 g/mol. The molecule has 0 aliphatic rings. The number of thioether (sulfide) groups is 1. The summed E-state index contributed by atoms with van der Waals surface area (Å²) in [4.78, 5) is 14.8. The van der Waals surface area contributed by atoms with Gasteiger partial charge in [-0.1, -0.05) is 11.8 Å². The van der Waals surface area contributed by atoms with Gasteiger partial charge in [-0.15, -0.1) is 5.10 Å². The molecule has 0 saturated carbocycles. The third kappa shape index (κ3) is 4.88. The third-order valence-electron chi connectivity index (χ3n) is 2.60. The van der Waals surface area contributed by atoms with Gasteiger partial charge in [0, 0.05) is 0 Å². The van der Waals surface area contributed by atoms with Crippen molar-refractivity contribution >= 4 is 29.8 Å². The number of nitrogens with one attached hydrogen (secondary N) is 2. The first-order valence-corrected chi connectivity index (χ1v) is 7.45. The number of nitrogens with zero attached hydrogens (tertiary/aromatic N) is 3. The molecule has 2 rings (SSSR count). The smallest absolute Gasteiger partial charge is 0.240 e. The average Bonchev–Trinajstić information content (AvgIpc) is 3.00. The van der Waals surface area contributed by atoms with E-state index in [1.165, 1.54) is 0 Å². The van der Waals surface area contributed by atoms with Crippen LogP contribution < -0.4 is 20.6 Å². The first kappa shape index (κ1) is 16.6. The van der Waals surface area contributed by atoms with Gasteiger partial charge in [-0.25, -0.2) is 10.5 Å². The highest BCUT2D eigenvalue weighted by Gasteiger charge is 2.05. The number of aromatic nitrogens is 3. The number of hydrogen-bond acceptors (Lipinski definition) is 8. The summed E-state index contributed by atoms with van der Waals surface area (Å²) in [5.74, 6) is 1.30. The number of carbonyl (C=O) groups is 1. The minimum atomic E-state index is -0.430. The Labute approximate surface area is 136 Å². The number of carbonyl (C=O) groups excluding carboxylic acids is 1. The lowest BCUT2D eigenvalue weighted by Crippen LogP contribution is -2.13. The summed E-state index contributed by atoms with van der Waals surface area (Å²) in [7, 11) is 3.14. The molecule has 0 atom stereocenters. The van der Waals surface area contributed by atoms with Crippen molar-refractivity contribution in [2.75, 3.05) is 25.4 Å². The van der Waals surface area contributed by atoms with Crippen LogP contribution in [-0.4, -0.2) is 47.3 Å². The minimum Gasteiger partial charge on any atom is -0.493 e. The van der Waals surface area contributed by atoms with Gasteiger partial charge < -0.3 is 15.2 Å². The molecule has 2 aromatic rings. The molecule has 0 unspecified atom stereocenters. The third-order valence-corrected chi connectivity index (χ3v) is 3.47. The number of amides is 1. The molecule has 0 aliphatic carbocycles. The number of hydrogen-bond donors (Lipinski definition) is 3. The van der Waals surface area contributed by atoms with Gasteiger partial charge in [-0.05, 0) is 23.8 Å². The predicted octanol–water partition coefficient (Wildman–Crippen LogP) is 0.845. The van der Waals surface area contributed by atoms with Crippen LogP contribution in [0.3, 0.4) is 0 Å². The molecule has 4 N–H and O–H groups in total. The highest BCUT2D eigenvalue weighted by atomic mass is 32.2. The van der Waals surface area contributed by atoms with E-state index in [1.807, 2.05) is 6.07 Å². The Balaban J connectivity index is 1.95. The highest BCUT2D eigenvalue weighted by molar-refractivity contribution is 7.99. The predicted molar refractivity (Wildman–Crippen MR) is 87.1 cm³/mol. The van der Waals surface area contributed by atoms with E-state index in [-0.39, 0.29) is 5.75 Å². The molecule has 1 heterocycles. The van der Waals surface area contributed by atoms with Gasteiger partial charge in [-0.3, -0.25) is 4.79 Å². The highest BCUT2D eigenvalue weighted by Crippen LogP contribution is 2.26. The van der Waals surface area contributed by atoms with Crippen LogP contribution in [0.25, 0.3) is 0 Å². The van der Waals surface area contributed by atoms with Crippen molar-refractivity contribution in [2.24, 2.45) is 10.8 Å². The maximum atomic E-state index is 10.7. The number of nitrogens with two attached hydrogens (primary N) is 1. The van der Waals surface area contributed by atoms with Crippen molar-refractivity contribution in [1.82, 2.24) is 15.2 Å².